The number of rotatable bonds is 6. The monoisotopic (exact) mass is 266 g/mol. The number of hydrogen-bond donors (Lipinski definition) is 1. The van der Waals surface area contributed by atoms with Gasteiger partial charge in [-0.2, -0.15) is 0 Å². The van der Waals surface area contributed by atoms with Crippen molar-refractivity contribution in [2.45, 2.75) is 13.8 Å². The van der Waals surface area contributed by atoms with E-state index in [2.05, 4.69) is 14.7 Å². The summed E-state index contributed by atoms with van der Waals surface area (Å²) in [5.41, 5.74) is 5.44. The molecule has 0 unspecified atom stereocenters. The lowest BCUT2D eigenvalue weighted by atomic mass is 10.2. The molecule has 0 spiro atoms. The van der Waals surface area contributed by atoms with Crippen molar-refractivity contribution in [3.8, 4) is 0 Å². The second-order valence-corrected chi connectivity index (χ2v) is 4.49. The average Bonchev–Trinajstić information content (AvgIpc) is 2.36. The molecule has 0 aliphatic rings. The molecule has 7 heteroatoms. The normalized spacial score (nSPS) is 10.3. The van der Waals surface area contributed by atoms with Crippen LogP contribution in [-0.4, -0.2) is 42.0 Å². The predicted octanol–water partition coefficient (Wildman–Crippen LogP) is 0.211. The Morgan fingerprint density at radius 1 is 1.47 bits per heavy atom. The van der Waals surface area contributed by atoms with E-state index in [9.17, 15) is 9.59 Å². The van der Waals surface area contributed by atoms with E-state index in [1.165, 1.54) is 19.6 Å². The van der Waals surface area contributed by atoms with E-state index in [0.717, 1.165) is 0 Å². The summed E-state index contributed by atoms with van der Waals surface area (Å²) >= 11 is 0. The summed E-state index contributed by atoms with van der Waals surface area (Å²) in [6.07, 6.45) is 2.68. The molecular weight excluding hydrogens is 248 g/mol. The molecule has 0 fully saturated rings. The summed E-state index contributed by atoms with van der Waals surface area (Å²) in [5.74, 6) is -0.405. The molecule has 0 aliphatic carbocycles. The van der Waals surface area contributed by atoms with Crippen molar-refractivity contribution in [2.24, 2.45) is 11.7 Å². The third-order valence-corrected chi connectivity index (χ3v) is 2.33. The Morgan fingerprint density at radius 2 is 2.16 bits per heavy atom. The Morgan fingerprint density at radius 3 is 2.68 bits per heavy atom. The molecule has 1 amide bonds. The van der Waals surface area contributed by atoms with Crippen LogP contribution in [0, 0.1) is 5.92 Å². The number of hydrogen-bond acceptors (Lipinski definition) is 6. The summed E-state index contributed by atoms with van der Waals surface area (Å²) < 4.78 is 4.68. The van der Waals surface area contributed by atoms with Crippen LogP contribution in [0.4, 0.5) is 5.82 Å². The van der Waals surface area contributed by atoms with E-state index in [4.69, 9.17) is 5.73 Å². The highest BCUT2D eigenvalue weighted by Gasteiger charge is 2.20. The van der Waals surface area contributed by atoms with E-state index in [1.54, 1.807) is 4.90 Å². The zero-order chi connectivity index (χ0) is 14.4. The molecule has 1 heterocycles. The molecule has 7 nitrogen and oxygen atoms in total. The molecular formula is C12H18N4O3. The highest BCUT2D eigenvalue weighted by molar-refractivity contribution is 5.95. The number of carbonyl (C=O) groups is 2. The zero-order valence-electron chi connectivity index (χ0n) is 11.3. The van der Waals surface area contributed by atoms with Crippen LogP contribution in [-0.2, 0) is 9.53 Å². The molecule has 0 radical (unpaired) electrons. The third kappa shape index (κ3) is 4.20. The van der Waals surface area contributed by atoms with Gasteiger partial charge in [0, 0.05) is 12.7 Å². The van der Waals surface area contributed by atoms with Crippen LogP contribution in [0.15, 0.2) is 12.5 Å². The van der Waals surface area contributed by atoms with E-state index < -0.39 is 11.9 Å². The minimum absolute atomic E-state index is 0.0147. The van der Waals surface area contributed by atoms with Gasteiger partial charge in [0.15, 0.2) is 0 Å². The zero-order valence-corrected chi connectivity index (χ0v) is 11.3. The molecule has 0 aromatic carbocycles. The molecule has 0 saturated heterocycles. The van der Waals surface area contributed by atoms with Crippen molar-refractivity contribution in [1.82, 2.24) is 9.97 Å². The summed E-state index contributed by atoms with van der Waals surface area (Å²) in [5, 5.41) is 0. The summed E-state index contributed by atoms with van der Waals surface area (Å²) in [6, 6.07) is 0. The number of anilines is 1. The fraction of sp³-hybridized carbons (Fsp3) is 0.500. The molecule has 0 aliphatic heterocycles. The van der Waals surface area contributed by atoms with Gasteiger partial charge in [0.25, 0.3) is 0 Å². The first-order valence-corrected chi connectivity index (χ1v) is 5.87. The summed E-state index contributed by atoms with van der Waals surface area (Å²) in [6.45, 7) is 4.52. The maximum Gasteiger partial charge on any atom is 0.343 e. The number of aromatic nitrogens is 2. The van der Waals surface area contributed by atoms with Crippen molar-refractivity contribution in [3.63, 3.8) is 0 Å². The SMILES string of the molecule is COC(=O)c1cncnc1N(CC(N)=O)CC(C)C. The van der Waals surface area contributed by atoms with Crippen LogP contribution < -0.4 is 10.6 Å². The number of primary amides is 1. The number of ether oxygens (including phenoxy) is 1. The van der Waals surface area contributed by atoms with Gasteiger partial charge in [-0.05, 0) is 5.92 Å². The first-order chi connectivity index (χ1) is 8.95. The van der Waals surface area contributed by atoms with E-state index in [1.807, 2.05) is 13.8 Å². The Hall–Kier alpha value is -2.18. The number of carbonyl (C=O) groups excluding carboxylic acids is 2. The average molecular weight is 266 g/mol. The second kappa shape index (κ2) is 6.67. The van der Waals surface area contributed by atoms with Crippen molar-refractivity contribution >= 4 is 17.7 Å². The topological polar surface area (TPSA) is 98.4 Å². The molecule has 1 aromatic heterocycles. The Balaban J connectivity index is 3.13. The van der Waals surface area contributed by atoms with Gasteiger partial charge in [-0.25, -0.2) is 14.8 Å². The Kier molecular flexibility index (Phi) is 5.23. The van der Waals surface area contributed by atoms with E-state index in [0.29, 0.717) is 12.4 Å². The van der Waals surface area contributed by atoms with Gasteiger partial charge in [0.1, 0.15) is 17.7 Å². The standard InChI is InChI=1S/C12H18N4O3/c1-8(2)5-16(6-10(13)17)11-9(12(18)19-3)4-14-7-15-11/h4,7-8H,5-6H2,1-3H3,(H2,13,17). The van der Waals surface area contributed by atoms with Crippen molar-refractivity contribution in [3.05, 3.63) is 18.1 Å². The maximum absolute atomic E-state index is 11.7. The van der Waals surface area contributed by atoms with Gasteiger partial charge in [-0.1, -0.05) is 13.8 Å². The highest BCUT2D eigenvalue weighted by Crippen LogP contribution is 2.18. The van der Waals surface area contributed by atoms with Crippen LogP contribution in [0.2, 0.25) is 0 Å². The molecule has 0 atom stereocenters. The Labute approximate surface area is 111 Å². The van der Waals surface area contributed by atoms with Crippen LogP contribution in [0.5, 0.6) is 0 Å². The fourth-order valence-electron chi connectivity index (χ4n) is 1.68. The second-order valence-electron chi connectivity index (χ2n) is 4.49. The summed E-state index contributed by atoms with van der Waals surface area (Å²) in [4.78, 5) is 32.3. The van der Waals surface area contributed by atoms with Gasteiger partial charge in [-0.15, -0.1) is 0 Å². The number of methoxy groups -OCH3 is 1. The number of nitrogens with zero attached hydrogens (tertiary/aromatic N) is 3. The van der Waals surface area contributed by atoms with Crippen molar-refractivity contribution in [1.29, 1.82) is 0 Å². The smallest absolute Gasteiger partial charge is 0.343 e. The largest absolute Gasteiger partial charge is 0.465 e. The van der Waals surface area contributed by atoms with Crippen LogP contribution >= 0.6 is 0 Å². The number of nitrogens with two attached hydrogens (primary N) is 1. The minimum atomic E-state index is -0.547. The quantitative estimate of drug-likeness (QED) is 0.739. The van der Waals surface area contributed by atoms with Crippen molar-refractivity contribution < 1.29 is 14.3 Å². The molecule has 104 valence electrons. The van der Waals surface area contributed by atoms with Crippen LogP contribution in [0.25, 0.3) is 0 Å². The molecule has 0 saturated carbocycles. The molecule has 1 aromatic rings. The molecule has 0 bridgehead atoms. The van der Waals surface area contributed by atoms with E-state index >= 15 is 0 Å². The van der Waals surface area contributed by atoms with Crippen molar-refractivity contribution in [2.75, 3.05) is 25.1 Å². The molecule has 1 rings (SSSR count). The van der Waals surface area contributed by atoms with Crippen LogP contribution in [0.3, 0.4) is 0 Å². The van der Waals surface area contributed by atoms with Gasteiger partial charge >= 0.3 is 5.97 Å². The lowest BCUT2D eigenvalue weighted by Gasteiger charge is -2.25. The first kappa shape index (κ1) is 14.9. The van der Waals surface area contributed by atoms with Gasteiger partial charge in [0.05, 0.1) is 13.7 Å². The van der Waals surface area contributed by atoms with Crippen LogP contribution in [0.1, 0.15) is 24.2 Å². The van der Waals surface area contributed by atoms with E-state index in [-0.39, 0.29) is 18.0 Å². The Bertz CT molecular complexity index is 462. The van der Waals surface area contributed by atoms with Gasteiger partial charge in [0.2, 0.25) is 5.91 Å². The first-order valence-electron chi connectivity index (χ1n) is 5.87. The summed E-state index contributed by atoms with van der Waals surface area (Å²) in [7, 11) is 1.28. The predicted molar refractivity (Wildman–Crippen MR) is 69.6 cm³/mol. The molecule has 2 N–H and O–H groups in total. The van der Waals surface area contributed by atoms with Gasteiger partial charge < -0.3 is 15.4 Å². The number of esters is 1. The lowest BCUT2D eigenvalue weighted by Crippen LogP contribution is -2.37. The maximum atomic E-state index is 11.7. The lowest BCUT2D eigenvalue weighted by molar-refractivity contribution is -0.116. The van der Waals surface area contributed by atoms with Gasteiger partial charge in [-0.3, -0.25) is 4.79 Å². The molecule has 19 heavy (non-hydrogen) atoms. The fourth-order valence-corrected chi connectivity index (χ4v) is 1.68. The number of amides is 1. The third-order valence-electron chi connectivity index (χ3n) is 2.33. The highest BCUT2D eigenvalue weighted by atomic mass is 16.5. The minimum Gasteiger partial charge on any atom is -0.465 e.